The van der Waals surface area contributed by atoms with Crippen molar-refractivity contribution in [1.82, 2.24) is 0 Å². The predicted molar refractivity (Wildman–Crippen MR) is 97.2 cm³/mol. The van der Waals surface area contributed by atoms with E-state index in [4.69, 9.17) is 11.6 Å². The Kier molecular flexibility index (Phi) is 3.34. The van der Waals surface area contributed by atoms with E-state index in [1.807, 2.05) is 13.8 Å². The highest BCUT2D eigenvalue weighted by atomic mass is 16.5. The van der Waals surface area contributed by atoms with Crippen molar-refractivity contribution in [3.05, 3.63) is 34.9 Å². The Labute approximate surface area is 156 Å². The number of aliphatic carboxylic acids is 1. The summed E-state index contributed by atoms with van der Waals surface area (Å²) in [6, 6.07) is 3.40. The molecule has 1 heterocycles. The first-order valence-electron chi connectivity index (χ1n) is 11.2. The van der Waals surface area contributed by atoms with E-state index < -0.39 is 24.8 Å². The lowest BCUT2D eigenvalue weighted by molar-refractivity contribution is -0.133. The van der Waals surface area contributed by atoms with Crippen molar-refractivity contribution in [3.8, 4) is 11.5 Å². The molecule has 0 bridgehead atoms. The van der Waals surface area contributed by atoms with Crippen LogP contribution >= 0.6 is 0 Å². The normalized spacial score (nSPS) is 27.9. The molecule has 2 aliphatic rings. The minimum atomic E-state index is -2.68. The molecule has 0 spiro atoms. The van der Waals surface area contributed by atoms with E-state index in [-0.39, 0.29) is 24.0 Å². The Morgan fingerprint density at radius 1 is 1.44 bits per heavy atom. The van der Waals surface area contributed by atoms with Gasteiger partial charge in [0.25, 0.3) is 0 Å². The van der Waals surface area contributed by atoms with Gasteiger partial charge in [-0.25, -0.2) is 4.79 Å². The third kappa shape index (κ3) is 3.39. The first-order valence-corrected chi connectivity index (χ1v) is 8.70. The molecule has 25 heavy (non-hydrogen) atoms. The van der Waals surface area contributed by atoms with Crippen LogP contribution in [0.4, 0.5) is 0 Å². The van der Waals surface area contributed by atoms with E-state index in [2.05, 4.69) is 0 Å². The van der Waals surface area contributed by atoms with Crippen molar-refractivity contribution in [1.29, 1.82) is 0 Å². The molecule has 136 valence electrons. The van der Waals surface area contributed by atoms with Crippen LogP contribution in [0.25, 0.3) is 0 Å². The molecule has 2 atom stereocenters. The van der Waals surface area contributed by atoms with Crippen LogP contribution in [0.15, 0.2) is 23.8 Å². The highest BCUT2D eigenvalue weighted by Crippen LogP contribution is 2.54. The van der Waals surface area contributed by atoms with Crippen molar-refractivity contribution < 1.29 is 26.6 Å². The fraction of sp³-hybridized carbons (Fsp3) is 0.571. The number of hydrogen-bond acceptors (Lipinski definition) is 3. The summed E-state index contributed by atoms with van der Waals surface area (Å²) in [5, 5.41) is 20.2. The van der Waals surface area contributed by atoms with Gasteiger partial charge in [-0.05, 0) is 57.2 Å². The topological polar surface area (TPSA) is 66.8 Å². The SMILES string of the molecule is [2H]C([2H])([2H])C([2H])([2H])CCCc1cc(O)c2c(c1)OC(C)(C)[C@@H]1CC=C(C(=O)O)C[C@@H]21. The quantitative estimate of drug-likeness (QED) is 0.801. The molecule has 1 aromatic carbocycles. The summed E-state index contributed by atoms with van der Waals surface area (Å²) in [7, 11) is 0. The molecule has 4 nitrogen and oxygen atoms in total. The monoisotopic (exact) mass is 349 g/mol. The molecule has 2 N–H and O–H groups in total. The van der Waals surface area contributed by atoms with Crippen molar-refractivity contribution >= 4 is 5.97 Å². The average Bonchev–Trinajstić information content (AvgIpc) is 2.59. The van der Waals surface area contributed by atoms with Crippen molar-refractivity contribution in [3.63, 3.8) is 0 Å². The predicted octanol–water partition coefficient (Wildman–Crippen LogP) is 4.80. The number of allylic oxidation sites excluding steroid dienone is 1. The molecule has 1 aromatic rings. The lowest BCUT2D eigenvalue weighted by Gasteiger charge is -2.46. The summed E-state index contributed by atoms with van der Waals surface area (Å²) >= 11 is 0. The van der Waals surface area contributed by atoms with Gasteiger partial charge in [-0.1, -0.05) is 25.7 Å². The Hall–Kier alpha value is -1.97. The second kappa shape index (κ2) is 6.74. The number of carbonyl (C=O) groups is 1. The number of hydrogen-bond donors (Lipinski definition) is 2. The van der Waals surface area contributed by atoms with E-state index in [1.165, 1.54) is 0 Å². The summed E-state index contributed by atoms with van der Waals surface area (Å²) < 4.78 is 43.6. The van der Waals surface area contributed by atoms with Gasteiger partial charge in [0, 0.05) is 29.8 Å². The summed E-state index contributed by atoms with van der Waals surface area (Å²) in [4.78, 5) is 11.5. The number of rotatable bonds is 5. The average molecular weight is 349 g/mol. The lowest BCUT2D eigenvalue weighted by atomic mass is 9.67. The van der Waals surface area contributed by atoms with Crippen LogP contribution in [0.5, 0.6) is 11.5 Å². The molecule has 0 saturated carbocycles. The van der Waals surface area contributed by atoms with Gasteiger partial charge in [0.15, 0.2) is 0 Å². The minimum absolute atomic E-state index is 0.0383. The van der Waals surface area contributed by atoms with Crippen LogP contribution in [-0.4, -0.2) is 21.8 Å². The summed E-state index contributed by atoms with van der Waals surface area (Å²) in [5.41, 5.74) is 1.15. The Bertz CT molecular complexity index is 873. The van der Waals surface area contributed by atoms with E-state index in [9.17, 15) is 15.0 Å². The smallest absolute Gasteiger partial charge is 0.331 e. The zero-order valence-electron chi connectivity index (χ0n) is 19.6. The summed E-state index contributed by atoms with van der Waals surface area (Å²) in [6.07, 6.45) is 0.945. The number of benzene rings is 1. The second-order valence-electron chi connectivity index (χ2n) is 7.45. The Morgan fingerprint density at radius 3 is 2.96 bits per heavy atom. The number of aromatic hydroxyl groups is 1. The maximum absolute atomic E-state index is 11.5. The number of carboxylic acids is 1. The molecule has 1 aliphatic heterocycles. The van der Waals surface area contributed by atoms with Crippen LogP contribution in [0.1, 0.15) is 76.7 Å². The van der Waals surface area contributed by atoms with Gasteiger partial charge in [0.1, 0.15) is 17.1 Å². The third-order valence-corrected chi connectivity index (χ3v) is 5.40. The second-order valence-corrected chi connectivity index (χ2v) is 7.45. The van der Waals surface area contributed by atoms with Crippen LogP contribution in [0.2, 0.25) is 0 Å². The van der Waals surface area contributed by atoms with Gasteiger partial charge in [-0.2, -0.15) is 0 Å². The minimum Gasteiger partial charge on any atom is -0.508 e. The Balaban J connectivity index is 1.85. The molecule has 0 radical (unpaired) electrons. The number of fused-ring (bicyclic) bond motifs is 3. The molecule has 0 fully saturated rings. The third-order valence-electron chi connectivity index (χ3n) is 5.40. The van der Waals surface area contributed by atoms with E-state index in [1.54, 1.807) is 18.2 Å². The molecule has 0 amide bonds. The zero-order valence-corrected chi connectivity index (χ0v) is 14.6. The van der Waals surface area contributed by atoms with Crippen molar-refractivity contribution in [2.45, 2.75) is 70.7 Å². The van der Waals surface area contributed by atoms with Gasteiger partial charge in [-0.15, -0.1) is 0 Å². The van der Waals surface area contributed by atoms with E-state index >= 15 is 0 Å². The van der Waals surface area contributed by atoms with E-state index in [0.717, 1.165) is 5.56 Å². The number of carboxylic acid groups (broad SMARTS) is 1. The first-order chi connectivity index (χ1) is 13.7. The summed E-state index contributed by atoms with van der Waals surface area (Å²) in [5.74, 6) is -0.519. The van der Waals surface area contributed by atoms with Crippen LogP contribution in [0, 0.1) is 5.92 Å². The van der Waals surface area contributed by atoms with Crippen LogP contribution < -0.4 is 4.74 Å². The van der Waals surface area contributed by atoms with Crippen LogP contribution in [0.3, 0.4) is 0 Å². The molecule has 0 unspecified atom stereocenters. The molecule has 0 saturated heterocycles. The van der Waals surface area contributed by atoms with Crippen LogP contribution in [-0.2, 0) is 11.2 Å². The van der Waals surface area contributed by atoms with Gasteiger partial charge in [0.2, 0.25) is 0 Å². The maximum Gasteiger partial charge on any atom is 0.331 e. The largest absolute Gasteiger partial charge is 0.508 e. The molecule has 4 heteroatoms. The van der Waals surface area contributed by atoms with E-state index in [0.29, 0.717) is 42.6 Å². The lowest BCUT2D eigenvalue weighted by Crippen LogP contribution is -2.45. The highest BCUT2D eigenvalue weighted by Gasteiger charge is 2.46. The molecule has 0 aromatic heterocycles. The Morgan fingerprint density at radius 2 is 2.24 bits per heavy atom. The van der Waals surface area contributed by atoms with Crippen molar-refractivity contribution in [2.24, 2.45) is 5.92 Å². The fourth-order valence-corrected chi connectivity index (χ4v) is 4.15. The number of ether oxygens (including phenoxy) is 1. The molecule has 1 aliphatic carbocycles. The first kappa shape index (κ1) is 12.4. The van der Waals surface area contributed by atoms with Crippen molar-refractivity contribution in [2.75, 3.05) is 0 Å². The standard InChI is InChI=1S/C21H28O4/c1-4-5-6-7-13-10-17(22)19-15-12-14(20(23)24)8-9-16(15)21(2,3)25-18(19)11-13/h8,10-11,15-16,22H,4-7,9,12H2,1-3H3,(H,23,24)/t15-,16-/m1/s1/i1D3,4D2. The summed E-state index contributed by atoms with van der Waals surface area (Å²) in [6.45, 7) is 1.24. The van der Waals surface area contributed by atoms with Gasteiger partial charge >= 0.3 is 5.97 Å². The molecule has 3 rings (SSSR count). The highest BCUT2D eigenvalue weighted by molar-refractivity contribution is 5.87. The number of phenols is 1. The van der Waals surface area contributed by atoms with Gasteiger partial charge in [-0.3, -0.25) is 0 Å². The molecular weight excluding hydrogens is 316 g/mol. The maximum atomic E-state index is 11.5. The number of phenolic OH excluding ortho intramolecular Hbond substituents is 1. The van der Waals surface area contributed by atoms with Gasteiger partial charge < -0.3 is 14.9 Å². The number of aryl methyl sites for hydroxylation is 1. The molecular formula is C21H28O4. The van der Waals surface area contributed by atoms with Gasteiger partial charge in [0.05, 0.1) is 0 Å². The zero-order chi connectivity index (χ0) is 22.5. The fourth-order valence-electron chi connectivity index (χ4n) is 4.15.